The number of nitrogens with zero attached hydrogens (tertiary/aromatic N) is 1. The van der Waals surface area contributed by atoms with Crippen molar-refractivity contribution in [2.24, 2.45) is 0 Å². The van der Waals surface area contributed by atoms with Crippen molar-refractivity contribution in [2.75, 3.05) is 24.5 Å². The molecule has 1 aliphatic rings. The Kier molecular flexibility index (Phi) is 5.14. The number of aryl methyl sites for hydroxylation is 1. The lowest BCUT2D eigenvalue weighted by atomic mass is 9.96. The van der Waals surface area contributed by atoms with Gasteiger partial charge in [0.25, 0.3) is 0 Å². The molecule has 1 aromatic carbocycles. The summed E-state index contributed by atoms with van der Waals surface area (Å²) in [5.41, 5.74) is 2.93. The van der Waals surface area contributed by atoms with E-state index in [1.54, 1.807) is 0 Å². The molecule has 1 heterocycles. The van der Waals surface area contributed by atoms with Gasteiger partial charge in [-0.1, -0.05) is 19.1 Å². The highest BCUT2D eigenvalue weighted by Crippen LogP contribution is 2.32. The zero-order chi connectivity index (χ0) is 15.5. The van der Waals surface area contributed by atoms with Gasteiger partial charge in [0.1, 0.15) is 6.54 Å². The molecule has 2 nitrogen and oxygen atoms in total. The lowest BCUT2D eigenvalue weighted by Gasteiger charge is -2.32. The second-order valence-corrected chi connectivity index (χ2v) is 5.70. The van der Waals surface area contributed by atoms with Crippen molar-refractivity contribution < 1.29 is 13.2 Å². The van der Waals surface area contributed by atoms with Crippen LogP contribution in [0.5, 0.6) is 0 Å². The first kappa shape index (κ1) is 16.1. The largest absolute Gasteiger partial charge is 0.405 e. The van der Waals surface area contributed by atoms with Gasteiger partial charge in [0.2, 0.25) is 0 Å². The summed E-state index contributed by atoms with van der Waals surface area (Å²) in [4.78, 5) is 1.45. The van der Waals surface area contributed by atoms with Crippen LogP contribution in [-0.4, -0.2) is 25.8 Å². The quantitative estimate of drug-likeness (QED) is 0.882. The molecule has 0 fully saturated rings. The minimum absolute atomic E-state index is 0.230. The van der Waals surface area contributed by atoms with E-state index in [-0.39, 0.29) is 6.04 Å². The van der Waals surface area contributed by atoms with Crippen LogP contribution >= 0.6 is 0 Å². The molecule has 5 heteroatoms. The van der Waals surface area contributed by atoms with Crippen LogP contribution in [0.4, 0.5) is 18.9 Å². The Morgan fingerprint density at radius 3 is 2.76 bits per heavy atom. The maximum absolute atomic E-state index is 12.6. The van der Waals surface area contributed by atoms with Crippen molar-refractivity contribution in [2.45, 2.75) is 45.3 Å². The number of anilines is 1. The van der Waals surface area contributed by atoms with E-state index in [1.165, 1.54) is 4.90 Å². The number of hydrogen-bond donors (Lipinski definition) is 1. The lowest BCUT2D eigenvalue weighted by molar-refractivity contribution is -0.119. The Hall–Kier alpha value is -1.23. The Morgan fingerprint density at radius 2 is 2.10 bits per heavy atom. The zero-order valence-electron chi connectivity index (χ0n) is 12.6. The van der Waals surface area contributed by atoms with E-state index < -0.39 is 12.7 Å². The van der Waals surface area contributed by atoms with Crippen LogP contribution in [0, 0.1) is 0 Å². The molecule has 1 atom stereocenters. The van der Waals surface area contributed by atoms with E-state index in [0.717, 1.165) is 42.6 Å². The number of rotatable bonds is 5. The summed E-state index contributed by atoms with van der Waals surface area (Å²) < 4.78 is 37.9. The molecule has 1 aromatic rings. The first-order valence-electron chi connectivity index (χ1n) is 7.58. The summed E-state index contributed by atoms with van der Waals surface area (Å²) in [6.45, 7) is 4.77. The van der Waals surface area contributed by atoms with E-state index in [9.17, 15) is 13.2 Å². The molecule has 0 saturated heterocycles. The molecule has 0 radical (unpaired) electrons. The van der Waals surface area contributed by atoms with Crippen molar-refractivity contribution in [3.05, 3.63) is 29.3 Å². The van der Waals surface area contributed by atoms with Gasteiger partial charge in [-0.05, 0) is 49.9 Å². The van der Waals surface area contributed by atoms with Crippen molar-refractivity contribution in [3.63, 3.8) is 0 Å². The Labute approximate surface area is 124 Å². The Bertz CT molecular complexity index is 471. The molecule has 0 spiro atoms. The van der Waals surface area contributed by atoms with Gasteiger partial charge in [0.15, 0.2) is 0 Å². The fourth-order valence-corrected chi connectivity index (χ4v) is 2.82. The van der Waals surface area contributed by atoms with Crippen LogP contribution in [0.15, 0.2) is 18.2 Å². The van der Waals surface area contributed by atoms with Crippen LogP contribution in [0.1, 0.15) is 43.9 Å². The standard InChI is InChI=1S/C16H23F3N2/c1-3-8-20-12(2)13-6-7-15-14(10-13)5-4-9-21(15)11-16(17,18)19/h6-7,10,12,20H,3-5,8-9,11H2,1-2H3. The Balaban J connectivity index is 2.16. The maximum atomic E-state index is 12.6. The third-order valence-electron chi connectivity index (χ3n) is 3.89. The summed E-state index contributed by atoms with van der Waals surface area (Å²) in [6.07, 6.45) is -1.45. The fraction of sp³-hybridized carbons (Fsp3) is 0.625. The van der Waals surface area contributed by atoms with Crippen molar-refractivity contribution in [1.29, 1.82) is 0 Å². The molecular weight excluding hydrogens is 277 g/mol. The number of fused-ring (bicyclic) bond motifs is 1. The van der Waals surface area contributed by atoms with Gasteiger partial charge in [0, 0.05) is 18.3 Å². The average molecular weight is 300 g/mol. The lowest BCUT2D eigenvalue weighted by Crippen LogP contribution is -2.37. The van der Waals surface area contributed by atoms with Crippen LogP contribution in [0.2, 0.25) is 0 Å². The first-order valence-corrected chi connectivity index (χ1v) is 7.58. The molecule has 118 valence electrons. The summed E-state index contributed by atoms with van der Waals surface area (Å²) in [5.74, 6) is 0. The average Bonchev–Trinajstić information content (AvgIpc) is 2.43. The van der Waals surface area contributed by atoms with E-state index in [1.807, 2.05) is 12.1 Å². The minimum Gasteiger partial charge on any atom is -0.362 e. The van der Waals surface area contributed by atoms with Crippen molar-refractivity contribution in [1.82, 2.24) is 5.32 Å². The second-order valence-electron chi connectivity index (χ2n) is 5.70. The molecule has 2 rings (SSSR count). The molecule has 1 unspecified atom stereocenters. The third kappa shape index (κ3) is 4.37. The molecule has 0 saturated carbocycles. The normalized spacial score (nSPS) is 16.7. The summed E-state index contributed by atoms with van der Waals surface area (Å²) >= 11 is 0. The van der Waals surface area contributed by atoms with Gasteiger partial charge < -0.3 is 10.2 Å². The molecular formula is C16H23F3N2. The molecule has 0 amide bonds. The summed E-state index contributed by atoms with van der Waals surface area (Å²) in [7, 11) is 0. The van der Waals surface area contributed by atoms with E-state index >= 15 is 0 Å². The Morgan fingerprint density at radius 1 is 1.33 bits per heavy atom. The van der Waals surface area contributed by atoms with E-state index in [4.69, 9.17) is 0 Å². The monoisotopic (exact) mass is 300 g/mol. The van der Waals surface area contributed by atoms with Crippen molar-refractivity contribution in [3.8, 4) is 0 Å². The molecule has 0 aliphatic carbocycles. The fourth-order valence-electron chi connectivity index (χ4n) is 2.82. The third-order valence-corrected chi connectivity index (χ3v) is 3.89. The molecule has 0 bridgehead atoms. The van der Waals surface area contributed by atoms with Gasteiger partial charge in [-0.2, -0.15) is 13.2 Å². The highest BCUT2D eigenvalue weighted by Gasteiger charge is 2.32. The first-order chi connectivity index (χ1) is 9.90. The van der Waals surface area contributed by atoms with Crippen LogP contribution in [0.3, 0.4) is 0 Å². The van der Waals surface area contributed by atoms with Gasteiger partial charge in [-0.15, -0.1) is 0 Å². The van der Waals surface area contributed by atoms with Crippen molar-refractivity contribution >= 4 is 5.69 Å². The highest BCUT2D eigenvalue weighted by molar-refractivity contribution is 5.57. The number of hydrogen-bond acceptors (Lipinski definition) is 2. The topological polar surface area (TPSA) is 15.3 Å². The van der Waals surface area contributed by atoms with Gasteiger partial charge >= 0.3 is 6.18 Å². The number of nitrogens with one attached hydrogen (secondary N) is 1. The van der Waals surface area contributed by atoms with E-state index in [0.29, 0.717) is 6.54 Å². The van der Waals surface area contributed by atoms with Gasteiger partial charge in [-0.3, -0.25) is 0 Å². The second kappa shape index (κ2) is 6.69. The summed E-state index contributed by atoms with van der Waals surface area (Å²) in [5, 5.41) is 3.41. The number of alkyl halides is 3. The number of halogens is 3. The molecule has 1 aliphatic heterocycles. The highest BCUT2D eigenvalue weighted by atomic mass is 19.4. The SMILES string of the molecule is CCCNC(C)c1ccc2c(c1)CCCN2CC(F)(F)F. The van der Waals surface area contributed by atoms with Gasteiger partial charge in [-0.25, -0.2) is 0 Å². The van der Waals surface area contributed by atoms with Crippen LogP contribution < -0.4 is 10.2 Å². The summed E-state index contributed by atoms with van der Waals surface area (Å²) in [6, 6.07) is 6.08. The maximum Gasteiger partial charge on any atom is 0.405 e. The molecule has 21 heavy (non-hydrogen) atoms. The van der Waals surface area contributed by atoms with Crippen LogP contribution in [0.25, 0.3) is 0 Å². The molecule has 0 aromatic heterocycles. The van der Waals surface area contributed by atoms with Crippen LogP contribution in [-0.2, 0) is 6.42 Å². The smallest absolute Gasteiger partial charge is 0.362 e. The zero-order valence-corrected chi connectivity index (χ0v) is 12.6. The minimum atomic E-state index is -4.15. The molecule has 1 N–H and O–H groups in total. The van der Waals surface area contributed by atoms with E-state index in [2.05, 4.69) is 25.2 Å². The predicted molar refractivity (Wildman–Crippen MR) is 79.7 cm³/mol. The van der Waals surface area contributed by atoms with Gasteiger partial charge in [0.05, 0.1) is 0 Å². The predicted octanol–water partition coefficient (Wildman–Crippen LogP) is 4.06. The number of benzene rings is 1.